The Bertz CT molecular complexity index is 1310. The Balaban J connectivity index is 1.37. The van der Waals surface area contributed by atoms with Crippen LogP contribution in [0.25, 0.3) is 0 Å². The number of nitrogens with one attached hydrogen (secondary N) is 2. The molecule has 0 saturated carbocycles. The number of phenols is 1. The number of piperazine rings is 1. The molecule has 0 spiro atoms. The van der Waals surface area contributed by atoms with Crippen molar-refractivity contribution in [1.29, 1.82) is 0 Å². The van der Waals surface area contributed by atoms with Crippen LogP contribution in [-0.2, 0) is 21.4 Å². The van der Waals surface area contributed by atoms with Crippen molar-refractivity contribution in [2.24, 2.45) is 0 Å². The fourth-order valence-electron chi connectivity index (χ4n) is 3.99. The number of anilines is 1. The Morgan fingerprint density at radius 2 is 1.47 bits per heavy atom. The molecule has 10 heteroatoms. The lowest BCUT2D eigenvalue weighted by Gasteiger charge is -2.35. The number of hydrogen-bond acceptors (Lipinski definition) is 6. The molecule has 9 nitrogen and oxygen atoms in total. The highest BCUT2D eigenvalue weighted by atomic mass is 32.2. The molecule has 0 atom stereocenters. The van der Waals surface area contributed by atoms with Gasteiger partial charge in [-0.25, -0.2) is 13.1 Å². The van der Waals surface area contributed by atoms with Crippen LogP contribution in [-0.4, -0.2) is 67.9 Å². The molecule has 1 heterocycles. The van der Waals surface area contributed by atoms with Crippen LogP contribution in [0.15, 0.2) is 83.8 Å². The van der Waals surface area contributed by atoms with E-state index in [1.54, 1.807) is 17.0 Å². The Labute approximate surface area is 210 Å². The first-order valence-corrected chi connectivity index (χ1v) is 13.0. The number of aromatic hydroxyl groups is 1. The molecule has 3 N–H and O–H groups in total. The molecule has 188 valence electrons. The van der Waals surface area contributed by atoms with E-state index in [0.717, 1.165) is 6.54 Å². The molecule has 1 aliphatic rings. The summed E-state index contributed by atoms with van der Waals surface area (Å²) in [5.74, 6) is -0.890. The van der Waals surface area contributed by atoms with Crippen LogP contribution in [0.2, 0.25) is 0 Å². The number of amides is 2. The number of benzene rings is 3. The van der Waals surface area contributed by atoms with E-state index in [1.165, 1.54) is 42.0 Å². The van der Waals surface area contributed by atoms with Crippen molar-refractivity contribution in [2.45, 2.75) is 11.4 Å². The lowest BCUT2D eigenvalue weighted by molar-refractivity contribution is -0.115. The number of rotatable bonds is 8. The molecule has 3 aromatic carbocycles. The van der Waals surface area contributed by atoms with E-state index in [9.17, 15) is 23.1 Å². The number of sulfonamides is 1. The Morgan fingerprint density at radius 3 is 2.17 bits per heavy atom. The van der Waals surface area contributed by atoms with Gasteiger partial charge in [0.15, 0.2) is 0 Å². The van der Waals surface area contributed by atoms with Gasteiger partial charge < -0.3 is 15.3 Å². The second-order valence-electron chi connectivity index (χ2n) is 8.47. The largest absolute Gasteiger partial charge is 0.508 e. The van der Waals surface area contributed by atoms with Gasteiger partial charge in [0.2, 0.25) is 15.9 Å². The van der Waals surface area contributed by atoms with Crippen molar-refractivity contribution in [3.8, 4) is 5.75 Å². The minimum Gasteiger partial charge on any atom is -0.508 e. The zero-order valence-corrected chi connectivity index (χ0v) is 20.4. The summed E-state index contributed by atoms with van der Waals surface area (Å²) in [6.45, 7) is 2.63. The van der Waals surface area contributed by atoms with Crippen LogP contribution < -0.4 is 10.0 Å². The van der Waals surface area contributed by atoms with Gasteiger partial charge in [0.1, 0.15) is 5.75 Å². The van der Waals surface area contributed by atoms with Crippen molar-refractivity contribution in [3.63, 3.8) is 0 Å². The van der Waals surface area contributed by atoms with Crippen molar-refractivity contribution in [1.82, 2.24) is 14.5 Å². The SMILES string of the molecule is O=C(CNS(=O)(=O)c1ccccc1C(=O)N1CCN(Cc2ccccc2)CC1)Nc1ccc(O)cc1. The number of nitrogens with zero attached hydrogens (tertiary/aromatic N) is 2. The highest BCUT2D eigenvalue weighted by Crippen LogP contribution is 2.19. The molecule has 0 aliphatic carbocycles. The molecule has 0 radical (unpaired) electrons. The zero-order valence-electron chi connectivity index (χ0n) is 19.6. The van der Waals surface area contributed by atoms with Gasteiger partial charge in [-0.15, -0.1) is 0 Å². The summed E-state index contributed by atoms with van der Waals surface area (Å²) in [4.78, 5) is 29.2. The maximum absolute atomic E-state index is 13.3. The highest BCUT2D eigenvalue weighted by Gasteiger charge is 2.28. The third-order valence-corrected chi connectivity index (χ3v) is 7.35. The molecule has 0 unspecified atom stereocenters. The van der Waals surface area contributed by atoms with Gasteiger partial charge in [0.05, 0.1) is 17.0 Å². The van der Waals surface area contributed by atoms with Gasteiger partial charge in [-0.1, -0.05) is 42.5 Å². The smallest absolute Gasteiger partial charge is 0.255 e. The molecular formula is C26H28N4O5S. The highest BCUT2D eigenvalue weighted by molar-refractivity contribution is 7.89. The van der Waals surface area contributed by atoms with E-state index < -0.39 is 22.5 Å². The molecule has 2 amide bonds. The number of phenolic OH excluding ortho intramolecular Hbond substituents is 1. The first-order valence-electron chi connectivity index (χ1n) is 11.5. The lowest BCUT2D eigenvalue weighted by Crippen LogP contribution is -2.48. The predicted octanol–water partition coefficient (Wildman–Crippen LogP) is 2.27. The van der Waals surface area contributed by atoms with E-state index in [4.69, 9.17) is 0 Å². The number of carbonyl (C=O) groups excluding carboxylic acids is 2. The van der Waals surface area contributed by atoms with E-state index in [1.807, 2.05) is 18.2 Å². The van der Waals surface area contributed by atoms with Crippen LogP contribution >= 0.6 is 0 Å². The summed E-state index contributed by atoms with van der Waals surface area (Å²) in [5, 5.41) is 11.9. The van der Waals surface area contributed by atoms with Gasteiger partial charge in [-0.2, -0.15) is 0 Å². The van der Waals surface area contributed by atoms with Crippen LogP contribution in [0.5, 0.6) is 5.75 Å². The van der Waals surface area contributed by atoms with Crippen molar-refractivity contribution >= 4 is 27.5 Å². The molecule has 36 heavy (non-hydrogen) atoms. The first kappa shape index (κ1) is 25.4. The summed E-state index contributed by atoms with van der Waals surface area (Å²) in [6, 6.07) is 21.9. The normalized spacial score (nSPS) is 14.4. The molecule has 0 bridgehead atoms. The topological polar surface area (TPSA) is 119 Å². The third-order valence-electron chi connectivity index (χ3n) is 5.89. The molecule has 4 rings (SSSR count). The van der Waals surface area contributed by atoms with Gasteiger partial charge in [0, 0.05) is 38.4 Å². The fourth-order valence-corrected chi connectivity index (χ4v) is 5.17. The Kier molecular flexibility index (Phi) is 7.99. The predicted molar refractivity (Wildman–Crippen MR) is 136 cm³/mol. The Morgan fingerprint density at radius 1 is 0.833 bits per heavy atom. The molecule has 1 fully saturated rings. The van der Waals surface area contributed by atoms with E-state index in [-0.39, 0.29) is 22.1 Å². The van der Waals surface area contributed by atoms with E-state index >= 15 is 0 Å². The minimum atomic E-state index is -4.13. The quantitative estimate of drug-likeness (QED) is 0.402. The summed E-state index contributed by atoms with van der Waals surface area (Å²) in [5.41, 5.74) is 1.69. The summed E-state index contributed by atoms with van der Waals surface area (Å²) >= 11 is 0. The average molecular weight is 509 g/mol. The molecule has 3 aromatic rings. The van der Waals surface area contributed by atoms with E-state index in [0.29, 0.717) is 31.9 Å². The third kappa shape index (κ3) is 6.48. The van der Waals surface area contributed by atoms with Gasteiger partial charge in [-0.3, -0.25) is 14.5 Å². The minimum absolute atomic E-state index is 0.0487. The zero-order chi connectivity index (χ0) is 25.5. The van der Waals surface area contributed by atoms with Crippen LogP contribution in [0.3, 0.4) is 0 Å². The van der Waals surface area contributed by atoms with Crippen molar-refractivity contribution in [2.75, 3.05) is 38.0 Å². The lowest BCUT2D eigenvalue weighted by atomic mass is 10.1. The van der Waals surface area contributed by atoms with Crippen LogP contribution in [0, 0.1) is 0 Å². The summed E-state index contributed by atoms with van der Waals surface area (Å²) in [6.07, 6.45) is 0. The van der Waals surface area contributed by atoms with E-state index in [2.05, 4.69) is 27.1 Å². The van der Waals surface area contributed by atoms with Gasteiger partial charge >= 0.3 is 0 Å². The van der Waals surface area contributed by atoms with Gasteiger partial charge in [0.25, 0.3) is 5.91 Å². The second-order valence-corrected chi connectivity index (χ2v) is 10.2. The average Bonchev–Trinajstić information content (AvgIpc) is 2.89. The monoisotopic (exact) mass is 508 g/mol. The standard InChI is InChI=1S/C26H28N4O5S/c31-22-12-10-21(11-13-22)28-25(32)18-27-36(34,35)24-9-5-4-8-23(24)26(33)30-16-14-29(15-17-30)19-20-6-2-1-3-7-20/h1-13,27,31H,14-19H2,(H,28,32). The van der Waals surface area contributed by atoms with Crippen molar-refractivity contribution < 1.29 is 23.1 Å². The summed E-state index contributed by atoms with van der Waals surface area (Å²) < 4.78 is 28.3. The fraction of sp³-hybridized carbons (Fsp3) is 0.231. The van der Waals surface area contributed by atoms with Crippen LogP contribution in [0.4, 0.5) is 5.69 Å². The molecule has 0 aromatic heterocycles. The van der Waals surface area contributed by atoms with Crippen LogP contribution in [0.1, 0.15) is 15.9 Å². The summed E-state index contributed by atoms with van der Waals surface area (Å²) in [7, 11) is -4.13. The number of hydrogen-bond donors (Lipinski definition) is 3. The maximum Gasteiger partial charge on any atom is 0.255 e. The Hall–Kier alpha value is -3.73. The van der Waals surface area contributed by atoms with Crippen molar-refractivity contribution in [3.05, 3.63) is 90.0 Å². The second kappa shape index (κ2) is 11.3. The number of carbonyl (C=O) groups is 2. The maximum atomic E-state index is 13.3. The molecule has 1 aliphatic heterocycles. The molecule has 1 saturated heterocycles. The van der Waals surface area contributed by atoms with Gasteiger partial charge in [-0.05, 0) is 42.0 Å². The first-order chi connectivity index (χ1) is 17.3. The molecular weight excluding hydrogens is 480 g/mol.